The van der Waals surface area contributed by atoms with Gasteiger partial charge in [-0.1, -0.05) is 24.3 Å². The zero-order valence-electron chi connectivity index (χ0n) is 16.0. The van der Waals surface area contributed by atoms with Crippen LogP contribution in [-0.4, -0.2) is 44.9 Å². The van der Waals surface area contributed by atoms with E-state index in [1.807, 2.05) is 55.5 Å². The lowest BCUT2D eigenvalue weighted by atomic mass is 10.2. The van der Waals surface area contributed by atoms with E-state index < -0.39 is 0 Å². The highest BCUT2D eigenvalue weighted by atomic mass is 16.7. The summed E-state index contributed by atoms with van der Waals surface area (Å²) in [7, 11) is 0. The summed E-state index contributed by atoms with van der Waals surface area (Å²) < 4.78 is 33.1. The molecule has 0 N–H and O–H groups in total. The first-order valence-electron chi connectivity index (χ1n) is 9.64. The minimum atomic E-state index is -0.300. The van der Waals surface area contributed by atoms with Crippen molar-refractivity contribution in [2.75, 3.05) is 26.4 Å². The first-order chi connectivity index (χ1) is 13.7. The van der Waals surface area contributed by atoms with Gasteiger partial charge in [0.25, 0.3) is 0 Å². The van der Waals surface area contributed by atoms with Crippen LogP contribution in [0.15, 0.2) is 48.5 Å². The van der Waals surface area contributed by atoms with Gasteiger partial charge in [0.15, 0.2) is 6.29 Å². The first kappa shape index (κ1) is 19.2. The van der Waals surface area contributed by atoms with E-state index in [-0.39, 0.29) is 18.5 Å². The molecule has 0 aromatic heterocycles. The quantitative estimate of drug-likeness (QED) is 0.412. The Morgan fingerprint density at radius 3 is 1.50 bits per heavy atom. The molecule has 0 amide bonds. The van der Waals surface area contributed by atoms with Crippen molar-refractivity contribution in [1.29, 1.82) is 0 Å². The maximum atomic E-state index is 5.77. The molecule has 2 atom stereocenters. The molecule has 2 unspecified atom stereocenters. The van der Waals surface area contributed by atoms with Gasteiger partial charge in [0.1, 0.15) is 36.9 Å². The fourth-order valence-electron chi connectivity index (χ4n) is 2.55. The van der Waals surface area contributed by atoms with Crippen LogP contribution in [-0.2, 0) is 32.2 Å². The highest BCUT2D eigenvalue weighted by Gasteiger charge is 2.23. The molecule has 2 aliphatic rings. The van der Waals surface area contributed by atoms with E-state index >= 15 is 0 Å². The summed E-state index contributed by atoms with van der Waals surface area (Å²) >= 11 is 0. The van der Waals surface area contributed by atoms with Crippen molar-refractivity contribution in [3.05, 3.63) is 59.7 Å². The smallest absolute Gasteiger partial charge is 0.155 e. The van der Waals surface area contributed by atoms with Crippen LogP contribution < -0.4 is 9.47 Å². The largest absolute Gasteiger partial charge is 0.491 e. The number of benzene rings is 2. The van der Waals surface area contributed by atoms with Gasteiger partial charge in [-0.15, -0.1) is 0 Å². The molecule has 28 heavy (non-hydrogen) atoms. The van der Waals surface area contributed by atoms with Gasteiger partial charge in [0, 0.05) is 0 Å². The van der Waals surface area contributed by atoms with Gasteiger partial charge >= 0.3 is 0 Å². The minimum Gasteiger partial charge on any atom is -0.491 e. The SMILES string of the molecule is CC(OCc1ccc(OCC2CO2)cc1)OCc1ccc(OCC2CO2)cc1. The van der Waals surface area contributed by atoms with E-state index in [9.17, 15) is 0 Å². The van der Waals surface area contributed by atoms with Crippen molar-refractivity contribution in [3.63, 3.8) is 0 Å². The number of epoxide rings is 2. The van der Waals surface area contributed by atoms with Crippen LogP contribution in [0.2, 0.25) is 0 Å². The van der Waals surface area contributed by atoms with E-state index in [1.165, 1.54) is 0 Å². The number of hydrogen-bond acceptors (Lipinski definition) is 6. The molecular weight excluding hydrogens is 360 g/mol. The lowest BCUT2D eigenvalue weighted by Gasteiger charge is -2.15. The van der Waals surface area contributed by atoms with Crippen LogP contribution in [0, 0.1) is 0 Å². The second kappa shape index (κ2) is 9.39. The van der Waals surface area contributed by atoms with Gasteiger partial charge < -0.3 is 28.4 Å². The Morgan fingerprint density at radius 2 is 1.14 bits per heavy atom. The number of hydrogen-bond donors (Lipinski definition) is 0. The Kier molecular flexibility index (Phi) is 6.44. The second-order valence-electron chi connectivity index (χ2n) is 7.01. The Labute approximate surface area is 165 Å². The molecule has 4 rings (SSSR count). The molecule has 150 valence electrons. The van der Waals surface area contributed by atoms with Crippen molar-refractivity contribution in [1.82, 2.24) is 0 Å². The van der Waals surface area contributed by atoms with Gasteiger partial charge in [-0.2, -0.15) is 0 Å². The molecule has 2 heterocycles. The number of ether oxygens (including phenoxy) is 6. The Bertz CT molecular complexity index is 658. The fourth-order valence-corrected chi connectivity index (χ4v) is 2.55. The first-order valence-corrected chi connectivity index (χ1v) is 9.64. The van der Waals surface area contributed by atoms with Gasteiger partial charge in [0.2, 0.25) is 0 Å². The maximum absolute atomic E-state index is 5.77. The average molecular weight is 386 g/mol. The Hall–Kier alpha value is -2.12. The van der Waals surface area contributed by atoms with Crippen molar-refractivity contribution in [2.45, 2.75) is 38.6 Å². The summed E-state index contributed by atoms with van der Waals surface area (Å²) in [5.41, 5.74) is 2.15. The predicted molar refractivity (Wildman–Crippen MR) is 102 cm³/mol. The molecular formula is C22H26O6. The molecule has 0 aliphatic carbocycles. The van der Waals surface area contributed by atoms with Crippen LogP contribution >= 0.6 is 0 Å². The normalized spacial score (nSPS) is 21.2. The molecule has 2 aliphatic heterocycles. The van der Waals surface area contributed by atoms with Gasteiger partial charge in [-0.25, -0.2) is 0 Å². The summed E-state index contributed by atoms with van der Waals surface area (Å²) in [6, 6.07) is 15.8. The summed E-state index contributed by atoms with van der Waals surface area (Å²) in [5, 5.41) is 0. The molecule has 2 fully saturated rings. The monoisotopic (exact) mass is 386 g/mol. The molecule has 0 spiro atoms. The molecule has 6 nitrogen and oxygen atoms in total. The van der Waals surface area contributed by atoms with Gasteiger partial charge in [-0.3, -0.25) is 0 Å². The molecule has 6 heteroatoms. The maximum Gasteiger partial charge on any atom is 0.155 e. The summed E-state index contributed by atoms with van der Waals surface area (Å²) in [6.45, 7) is 5.72. The summed E-state index contributed by atoms with van der Waals surface area (Å²) in [6.07, 6.45) is 0.232. The number of rotatable bonds is 12. The van der Waals surface area contributed by atoms with E-state index in [0.717, 1.165) is 35.8 Å². The Morgan fingerprint density at radius 1 is 0.750 bits per heavy atom. The lowest BCUT2D eigenvalue weighted by Crippen LogP contribution is -2.12. The van der Waals surface area contributed by atoms with Crippen LogP contribution in [0.25, 0.3) is 0 Å². The van der Waals surface area contributed by atoms with Crippen molar-refractivity contribution >= 4 is 0 Å². The molecule has 2 aromatic rings. The molecule has 2 saturated heterocycles. The van der Waals surface area contributed by atoms with Crippen LogP contribution in [0.1, 0.15) is 18.1 Å². The molecule has 2 aromatic carbocycles. The summed E-state index contributed by atoms with van der Waals surface area (Å²) in [5.74, 6) is 1.70. The van der Waals surface area contributed by atoms with Crippen LogP contribution in [0.3, 0.4) is 0 Å². The van der Waals surface area contributed by atoms with Crippen molar-refractivity contribution in [3.8, 4) is 11.5 Å². The third-order valence-electron chi connectivity index (χ3n) is 4.49. The highest BCUT2D eigenvalue weighted by molar-refractivity contribution is 5.27. The van der Waals surface area contributed by atoms with E-state index in [4.69, 9.17) is 28.4 Å². The topological polar surface area (TPSA) is 62.0 Å². The van der Waals surface area contributed by atoms with Crippen molar-refractivity contribution < 1.29 is 28.4 Å². The standard InChI is InChI=1S/C22H26O6/c1-16(23-10-17-2-6-19(7-3-17)25-12-21-14-27-21)24-11-18-4-8-20(9-5-18)26-13-22-15-28-22/h2-9,16,21-22H,10-15H2,1H3. The molecule has 0 saturated carbocycles. The molecule has 0 radical (unpaired) electrons. The fraction of sp³-hybridized carbons (Fsp3) is 0.455. The lowest BCUT2D eigenvalue weighted by molar-refractivity contribution is -0.144. The van der Waals surface area contributed by atoms with Gasteiger partial charge in [0.05, 0.1) is 26.4 Å². The van der Waals surface area contributed by atoms with Crippen molar-refractivity contribution in [2.24, 2.45) is 0 Å². The average Bonchev–Trinajstić information content (AvgIpc) is 3.64. The van der Waals surface area contributed by atoms with E-state index in [2.05, 4.69) is 0 Å². The van der Waals surface area contributed by atoms with Gasteiger partial charge in [-0.05, 0) is 42.3 Å². The second-order valence-corrected chi connectivity index (χ2v) is 7.01. The van der Waals surface area contributed by atoms with Crippen LogP contribution in [0.5, 0.6) is 11.5 Å². The summed E-state index contributed by atoms with van der Waals surface area (Å²) in [4.78, 5) is 0. The highest BCUT2D eigenvalue weighted by Crippen LogP contribution is 2.18. The van der Waals surface area contributed by atoms with E-state index in [1.54, 1.807) is 0 Å². The van der Waals surface area contributed by atoms with Crippen LogP contribution in [0.4, 0.5) is 0 Å². The Balaban J connectivity index is 1.13. The third kappa shape index (κ3) is 6.49. The zero-order valence-corrected chi connectivity index (χ0v) is 16.0. The van der Waals surface area contributed by atoms with E-state index in [0.29, 0.717) is 26.4 Å². The molecule has 0 bridgehead atoms. The predicted octanol–water partition coefficient (Wildman–Crippen LogP) is 3.32. The minimum absolute atomic E-state index is 0.266. The third-order valence-corrected chi connectivity index (χ3v) is 4.49. The zero-order chi connectivity index (χ0) is 19.2.